The van der Waals surface area contributed by atoms with Crippen molar-refractivity contribution in [2.75, 3.05) is 12.4 Å². The van der Waals surface area contributed by atoms with Crippen molar-refractivity contribution in [3.63, 3.8) is 0 Å². The Bertz CT molecular complexity index is 894. The fourth-order valence-corrected chi connectivity index (χ4v) is 4.54. The molecule has 3 rings (SSSR count). The largest absolute Gasteiger partial charge is 0.495 e. The second kappa shape index (κ2) is 8.38. The summed E-state index contributed by atoms with van der Waals surface area (Å²) < 4.78 is 6.25. The highest BCUT2D eigenvalue weighted by atomic mass is 32.2. The number of ether oxygens (including phenoxy) is 1. The first-order valence-electron chi connectivity index (χ1n) is 8.16. The summed E-state index contributed by atoms with van der Waals surface area (Å²) in [5, 5.41) is 4.62. The van der Waals surface area contributed by atoms with Gasteiger partial charge in [0.25, 0.3) is 0 Å². The van der Waals surface area contributed by atoms with Crippen molar-refractivity contribution in [2.45, 2.75) is 23.4 Å². The molecule has 4 nitrogen and oxygen atoms in total. The van der Waals surface area contributed by atoms with Crippen LogP contribution in [0.3, 0.4) is 0 Å². The topological polar surface area (TPSA) is 51.2 Å². The summed E-state index contributed by atoms with van der Waals surface area (Å²) in [4.78, 5) is 17.6. The van der Waals surface area contributed by atoms with Gasteiger partial charge >= 0.3 is 0 Å². The fourth-order valence-electron chi connectivity index (χ4n) is 2.51. The second-order valence-electron chi connectivity index (χ2n) is 5.86. The van der Waals surface area contributed by atoms with E-state index in [0.717, 1.165) is 21.2 Å². The van der Waals surface area contributed by atoms with Gasteiger partial charge in [0.05, 0.1) is 12.8 Å². The van der Waals surface area contributed by atoms with Gasteiger partial charge in [-0.05, 0) is 37.1 Å². The Morgan fingerprint density at radius 3 is 2.62 bits per heavy atom. The van der Waals surface area contributed by atoms with E-state index < -0.39 is 5.25 Å². The van der Waals surface area contributed by atoms with Gasteiger partial charge < -0.3 is 10.1 Å². The third-order valence-corrected chi connectivity index (χ3v) is 6.11. The van der Waals surface area contributed by atoms with Crippen LogP contribution in [0.2, 0.25) is 0 Å². The van der Waals surface area contributed by atoms with Crippen LogP contribution in [0.15, 0.2) is 58.3 Å². The maximum absolute atomic E-state index is 13.1. The van der Waals surface area contributed by atoms with Gasteiger partial charge in [-0.2, -0.15) is 0 Å². The Balaban J connectivity index is 1.89. The van der Waals surface area contributed by atoms with E-state index in [1.54, 1.807) is 18.4 Å². The average molecular weight is 385 g/mol. The number of amides is 1. The van der Waals surface area contributed by atoms with Crippen LogP contribution in [-0.2, 0) is 4.79 Å². The number of nitrogens with zero attached hydrogens (tertiary/aromatic N) is 1. The molecule has 0 bridgehead atoms. The van der Waals surface area contributed by atoms with Crippen molar-refractivity contribution in [2.24, 2.45) is 0 Å². The van der Waals surface area contributed by atoms with Crippen LogP contribution in [-0.4, -0.2) is 18.0 Å². The van der Waals surface area contributed by atoms with Gasteiger partial charge in [0.1, 0.15) is 11.0 Å². The van der Waals surface area contributed by atoms with Crippen LogP contribution in [0.5, 0.6) is 5.75 Å². The molecule has 134 valence electrons. The Morgan fingerprint density at radius 2 is 1.96 bits per heavy atom. The van der Waals surface area contributed by atoms with Gasteiger partial charge in [0.2, 0.25) is 5.91 Å². The first-order chi connectivity index (χ1) is 12.6. The molecule has 2 aromatic carbocycles. The fraction of sp³-hybridized carbons (Fsp3) is 0.200. The minimum atomic E-state index is -0.396. The average Bonchev–Trinajstić information content (AvgIpc) is 3.05. The third kappa shape index (κ3) is 4.45. The molecule has 26 heavy (non-hydrogen) atoms. The summed E-state index contributed by atoms with van der Waals surface area (Å²) in [6, 6.07) is 15.5. The van der Waals surface area contributed by atoms with Crippen LogP contribution >= 0.6 is 23.1 Å². The van der Waals surface area contributed by atoms with Crippen LogP contribution in [0, 0.1) is 13.8 Å². The number of benzene rings is 2. The van der Waals surface area contributed by atoms with Gasteiger partial charge in [-0.3, -0.25) is 4.79 Å². The SMILES string of the molecule is COc1ccc(C)cc1NC(=O)[C@@H](Sc1nc(C)cs1)c1ccccc1. The summed E-state index contributed by atoms with van der Waals surface area (Å²) in [5.74, 6) is 0.545. The third-order valence-electron chi connectivity index (χ3n) is 3.77. The molecule has 0 aliphatic rings. The summed E-state index contributed by atoms with van der Waals surface area (Å²) in [6.45, 7) is 3.94. The number of rotatable bonds is 6. The number of nitrogens with one attached hydrogen (secondary N) is 1. The number of methoxy groups -OCH3 is 1. The lowest BCUT2D eigenvalue weighted by Crippen LogP contribution is -2.19. The predicted molar refractivity (Wildman–Crippen MR) is 108 cm³/mol. The zero-order valence-corrected chi connectivity index (χ0v) is 16.5. The van der Waals surface area contributed by atoms with Gasteiger partial charge in [-0.25, -0.2) is 4.98 Å². The summed E-state index contributed by atoms with van der Waals surface area (Å²) in [6.07, 6.45) is 0. The normalized spacial score (nSPS) is 11.8. The molecule has 1 amide bonds. The molecule has 0 saturated heterocycles. The predicted octanol–water partition coefficient (Wildman–Crippen LogP) is 5.24. The van der Waals surface area contributed by atoms with E-state index in [2.05, 4.69) is 10.3 Å². The van der Waals surface area contributed by atoms with Crippen molar-refractivity contribution in [1.82, 2.24) is 4.98 Å². The van der Waals surface area contributed by atoms with E-state index in [1.165, 1.54) is 11.8 Å². The molecule has 1 atom stereocenters. The molecule has 1 N–H and O–H groups in total. The van der Waals surface area contributed by atoms with Crippen molar-refractivity contribution in [3.8, 4) is 5.75 Å². The monoisotopic (exact) mass is 384 g/mol. The Hall–Kier alpha value is -2.31. The van der Waals surface area contributed by atoms with Crippen LogP contribution in [0.1, 0.15) is 22.1 Å². The van der Waals surface area contributed by atoms with E-state index in [4.69, 9.17) is 4.74 Å². The number of carbonyl (C=O) groups excluding carboxylic acids is 1. The zero-order valence-electron chi connectivity index (χ0n) is 14.9. The van der Waals surface area contributed by atoms with Gasteiger partial charge in [0, 0.05) is 11.1 Å². The quantitative estimate of drug-likeness (QED) is 0.591. The van der Waals surface area contributed by atoms with Gasteiger partial charge in [0.15, 0.2) is 4.34 Å². The molecule has 0 spiro atoms. The molecule has 0 aliphatic carbocycles. The molecule has 0 fully saturated rings. The van der Waals surface area contributed by atoms with Crippen molar-refractivity contribution < 1.29 is 9.53 Å². The van der Waals surface area contributed by atoms with Gasteiger partial charge in [-0.15, -0.1) is 11.3 Å². The summed E-state index contributed by atoms with van der Waals surface area (Å²) >= 11 is 3.02. The lowest BCUT2D eigenvalue weighted by Gasteiger charge is -2.17. The first-order valence-corrected chi connectivity index (χ1v) is 9.92. The maximum atomic E-state index is 13.1. The van der Waals surface area contributed by atoms with E-state index in [9.17, 15) is 4.79 Å². The van der Waals surface area contributed by atoms with Crippen molar-refractivity contribution in [1.29, 1.82) is 0 Å². The van der Waals surface area contributed by atoms with Gasteiger partial charge in [-0.1, -0.05) is 48.2 Å². The zero-order chi connectivity index (χ0) is 18.5. The van der Waals surface area contributed by atoms with Crippen LogP contribution < -0.4 is 10.1 Å². The minimum absolute atomic E-state index is 0.0991. The number of aromatic nitrogens is 1. The molecule has 3 aromatic rings. The lowest BCUT2D eigenvalue weighted by atomic mass is 10.1. The Labute approximate surface area is 161 Å². The lowest BCUT2D eigenvalue weighted by molar-refractivity contribution is -0.115. The number of hydrogen-bond acceptors (Lipinski definition) is 5. The van der Waals surface area contributed by atoms with Crippen LogP contribution in [0.25, 0.3) is 0 Å². The molecule has 0 unspecified atom stereocenters. The maximum Gasteiger partial charge on any atom is 0.242 e. The van der Waals surface area contributed by atoms with Crippen molar-refractivity contribution >= 4 is 34.7 Å². The molecule has 1 aromatic heterocycles. The van der Waals surface area contributed by atoms with E-state index in [-0.39, 0.29) is 5.91 Å². The number of carbonyl (C=O) groups is 1. The number of aryl methyl sites for hydroxylation is 2. The molecule has 0 radical (unpaired) electrons. The molecular weight excluding hydrogens is 364 g/mol. The number of thioether (sulfide) groups is 1. The number of hydrogen-bond donors (Lipinski definition) is 1. The van der Waals surface area contributed by atoms with Crippen LogP contribution in [0.4, 0.5) is 5.69 Å². The molecule has 0 saturated carbocycles. The summed E-state index contributed by atoms with van der Waals surface area (Å²) in [7, 11) is 1.60. The molecule has 1 heterocycles. The molecule has 6 heteroatoms. The second-order valence-corrected chi connectivity index (χ2v) is 8.07. The molecule has 0 aliphatic heterocycles. The van der Waals surface area contributed by atoms with Crippen molar-refractivity contribution in [3.05, 3.63) is 70.7 Å². The standard InChI is InChI=1S/C20H20N2O2S2/c1-13-9-10-17(24-3)16(11-13)22-19(23)18(15-7-5-4-6-8-15)26-20-21-14(2)12-25-20/h4-12,18H,1-3H3,(H,22,23)/t18-/m0/s1. The minimum Gasteiger partial charge on any atom is -0.495 e. The highest BCUT2D eigenvalue weighted by molar-refractivity contribution is 8.01. The van der Waals surface area contributed by atoms with E-state index in [0.29, 0.717) is 11.4 Å². The van der Waals surface area contributed by atoms with E-state index in [1.807, 2.05) is 67.8 Å². The first kappa shape index (κ1) is 18.5. The molecular formula is C20H20N2O2S2. The Morgan fingerprint density at radius 1 is 1.19 bits per heavy atom. The number of anilines is 1. The van der Waals surface area contributed by atoms with E-state index >= 15 is 0 Å². The summed E-state index contributed by atoms with van der Waals surface area (Å²) in [5.41, 5.74) is 3.63. The highest BCUT2D eigenvalue weighted by Crippen LogP contribution is 2.38. The number of thiazole rings is 1. The smallest absolute Gasteiger partial charge is 0.242 e. The highest BCUT2D eigenvalue weighted by Gasteiger charge is 2.24. The Kier molecular flexibility index (Phi) is 5.96.